The predicted molar refractivity (Wildman–Crippen MR) is 34.1 cm³/mol. The van der Waals surface area contributed by atoms with Crippen molar-refractivity contribution < 1.29 is 12.8 Å². The predicted octanol–water partition coefficient (Wildman–Crippen LogP) is -0.909. The molecule has 0 aromatic rings. The summed E-state index contributed by atoms with van der Waals surface area (Å²) in [6.45, 7) is -0.00329. The van der Waals surface area contributed by atoms with E-state index in [2.05, 4.69) is 0 Å². The Hall–Kier alpha value is -0.200. The third-order valence-electron chi connectivity index (χ3n) is 1.50. The van der Waals surface area contributed by atoms with E-state index in [1.807, 2.05) is 0 Å². The molecule has 1 aliphatic heterocycles. The van der Waals surface area contributed by atoms with Gasteiger partial charge in [0, 0.05) is 19.0 Å². The van der Waals surface area contributed by atoms with Crippen molar-refractivity contribution in [1.29, 1.82) is 0 Å². The normalized spacial score (nSPS) is 22.6. The fourth-order valence-corrected chi connectivity index (χ4v) is 1.67. The van der Waals surface area contributed by atoms with Crippen LogP contribution in [-0.2, 0) is 10.2 Å². The van der Waals surface area contributed by atoms with Crippen LogP contribution < -0.4 is 5.14 Å². The minimum atomic E-state index is -3.54. The molecule has 1 rings (SSSR count). The third kappa shape index (κ3) is 1.44. The quantitative estimate of drug-likeness (QED) is 0.580. The molecule has 60 valence electrons. The highest BCUT2D eigenvalue weighted by Crippen LogP contribution is 2.17. The van der Waals surface area contributed by atoms with E-state index in [1.54, 1.807) is 0 Å². The van der Waals surface area contributed by atoms with Crippen LogP contribution in [0.5, 0.6) is 0 Å². The average molecular weight is 168 g/mol. The Balaban J connectivity index is 2.41. The maximum Gasteiger partial charge on any atom is 0.276 e. The Morgan fingerprint density at radius 3 is 2.40 bits per heavy atom. The molecular weight excluding hydrogens is 159 g/mol. The highest BCUT2D eigenvalue weighted by atomic mass is 32.2. The lowest BCUT2D eigenvalue weighted by molar-refractivity contribution is 0.165. The molecule has 0 spiro atoms. The summed E-state index contributed by atoms with van der Waals surface area (Å²) in [5, 5.41) is 4.73. The number of hydrogen-bond acceptors (Lipinski definition) is 2. The molecule has 1 aliphatic rings. The molecule has 1 saturated heterocycles. The zero-order valence-electron chi connectivity index (χ0n) is 5.33. The fraction of sp³-hybridized carbons (Fsp3) is 1.00. The summed E-state index contributed by atoms with van der Waals surface area (Å²) in [5.41, 5.74) is 0. The summed E-state index contributed by atoms with van der Waals surface area (Å²) in [4.78, 5) is 0. The maximum atomic E-state index is 11.7. The van der Waals surface area contributed by atoms with Gasteiger partial charge in [-0.25, -0.2) is 5.14 Å². The van der Waals surface area contributed by atoms with Crippen molar-refractivity contribution in [2.75, 3.05) is 19.8 Å². The number of rotatable bonds is 2. The molecule has 1 fully saturated rings. The number of halogens is 1. The molecule has 0 amide bonds. The van der Waals surface area contributed by atoms with Gasteiger partial charge in [0.25, 0.3) is 10.2 Å². The monoisotopic (exact) mass is 168 g/mol. The number of nitrogens with two attached hydrogens (primary N) is 1. The number of nitrogens with zero attached hydrogens (tertiary/aromatic N) is 1. The van der Waals surface area contributed by atoms with Gasteiger partial charge in [-0.15, -0.1) is 0 Å². The second kappa shape index (κ2) is 2.44. The first-order valence-electron chi connectivity index (χ1n) is 2.88. The van der Waals surface area contributed by atoms with Crippen LogP contribution in [0.15, 0.2) is 0 Å². The number of hydrogen-bond donors (Lipinski definition) is 1. The Kier molecular flexibility index (Phi) is 1.93. The van der Waals surface area contributed by atoms with E-state index in [-0.39, 0.29) is 19.0 Å². The summed E-state index contributed by atoms with van der Waals surface area (Å²) < 4.78 is 33.7. The minimum Gasteiger partial charge on any atom is -0.251 e. The van der Waals surface area contributed by atoms with Crippen LogP contribution in [0.1, 0.15) is 0 Å². The second-order valence-corrected chi connectivity index (χ2v) is 3.93. The van der Waals surface area contributed by atoms with Crippen LogP contribution in [-0.4, -0.2) is 32.5 Å². The van der Waals surface area contributed by atoms with Crippen LogP contribution in [0.3, 0.4) is 0 Å². The van der Waals surface area contributed by atoms with Gasteiger partial charge in [0.15, 0.2) is 0 Å². The minimum absolute atomic E-state index is 0.140. The molecule has 0 aromatic carbocycles. The van der Waals surface area contributed by atoms with Crippen molar-refractivity contribution in [3.63, 3.8) is 0 Å². The molecule has 2 N–H and O–H groups in total. The molecule has 0 unspecified atom stereocenters. The Labute approximate surface area is 59.0 Å². The van der Waals surface area contributed by atoms with Crippen LogP contribution >= 0.6 is 0 Å². The van der Waals surface area contributed by atoms with Crippen LogP contribution in [0.2, 0.25) is 0 Å². The molecule has 0 atom stereocenters. The maximum absolute atomic E-state index is 11.7. The summed E-state index contributed by atoms with van der Waals surface area (Å²) in [7, 11) is -3.54. The largest absolute Gasteiger partial charge is 0.276 e. The molecule has 0 aliphatic carbocycles. The Bertz CT molecular complexity index is 209. The third-order valence-corrected chi connectivity index (χ3v) is 2.52. The van der Waals surface area contributed by atoms with E-state index in [0.29, 0.717) is 0 Å². The molecule has 10 heavy (non-hydrogen) atoms. The van der Waals surface area contributed by atoms with Crippen molar-refractivity contribution in [1.82, 2.24) is 4.31 Å². The van der Waals surface area contributed by atoms with E-state index in [9.17, 15) is 12.8 Å². The van der Waals surface area contributed by atoms with Crippen molar-refractivity contribution in [2.24, 2.45) is 11.1 Å². The molecule has 0 radical (unpaired) electrons. The van der Waals surface area contributed by atoms with E-state index < -0.39 is 16.9 Å². The lowest BCUT2D eigenvalue weighted by atomic mass is 10.1. The fourth-order valence-electron chi connectivity index (χ4n) is 0.828. The topological polar surface area (TPSA) is 63.4 Å². The lowest BCUT2D eigenvalue weighted by Crippen LogP contribution is -2.53. The van der Waals surface area contributed by atoms with Crippen molar-refractivity contribution >= 4 is 10.2 Å². The van der Waals surface area contributed by atoms with Gasteiger partial charge >= 0.3 is 0 Å². The summed E-state index contributed by atoms with van der Waals surface area (Å²) in [5.74, 6) is -0.140. The van der Waals surface area contributed by atoms with Gasteiger partial charge < -0.3 is 0 Å². The van der Waals surface area contributed by atoms with Gasteiger partial charge in [-0.3, -0.25) is 4.39 Å². The molecule has 4 nitrogen and oxygen atoms in total. The first-order chi connectivity index (χ1) is 4.54. The van der Waals surface area contributed by atoms with Gasteiger partial charge in [0.2, 0.25) is 0 Å². The van der Waals surface area contributed by atoms with Gasteiger partial charge in [0.1, 0.15) is 0 Å². The molecule has 1 heterocycles. The van der Waals surface area contributed by atoms with Gasteiger partial charge in [-0.1, -0.05) is 0 Å². The SMILES string of the molecule is NS(=O)(=O)N1CC(CF)C1. The zero-order valence-corrected chi connectivity index (χ0v) is 6.14. The Morgan fingerprint density at radius 1 is 1.60 bits per heavy atom. The summed E-state index contributed by atoms with van der Waals surface area (Å²) >= 11 is 0. The average Bonchev–Trinajstić information content (AvgIpc) is 1.57. The first kappa shape index (κ1) is 7.90. The highest BCUT2D eigenvalue weighted by molar-refractivity contribution is 7.86. The van der Waals surface area contributed by atoms with Gasteiger partial charge in [-0.2, -0.15) is 12.7 Å². The molecule has 0 bridgehead atoms. The van der Waals surface area contributed by atoms with Crippen LogP contribution in [0, 0.1) is 5.92 Å². The summed E-state index contributed by atoms with van der Waals surface area (Å²) in [6.07, 6.45) is 0. The van der Waals surface area contributed by atoms with E-state index in [0.717, 1.165) is 4.31 Å². The van der Waals surface area contributed by atoms with E-state index in [1.165, 1.54) is 0 Å². The smallest absolute Gasteiger partial charge is 0.251 e. The van der Waals surface area contributed by atoms with Crippen LogP contribution in [0.4, 0.5) is 4.39 Å². The molecule has 0 aromatic heterocycles. The zero-order chi connectivity index (χ0) is 7.78. The standard InChI is InChI=1S/C4H9FN2O2S/c5-1-4-2-7(3-4)10(6,8)9/h4H,1-3H2,(H2,6,8,9). The number of alkyl halides is 1. The molecule has 0 saturated carbocycles. The van der Waals surface area contributed by atoms with Gasteiger partial charge in [0.05, 0.1) is 6.67 Å². The van der Waals surface area contributed by atoms with E-state index >= 15 is 0 Å². The van der Waals surface area contributed by atoms with E-state index in [4.69, 9.17) is 5.14 Å². The van der Waals surface area contributed by atoms with Crippen LogP contribution in [0.25, 0.3) is 0 Å². The first-order valence-corrected chi connectivity index (χ1v) is 4.38. The molecule has 6 heteroatoms. The van der Waals surface area contributed by atoms with Crippen molar-refractivity contribution in [3.05, 3.63) is 0 Å². The highest BCUT2D eigenvalue weighted by Gasteiger charge is 2.33. The lowest BCUT2D eigenvalue weighted by Gasteiger charge is -2.34. The Morgan fingerprint density at radius 2 is 2.10 bits per heavy atom. The summed E-state index contributed by atoms with van der Waals surface area (Å²) in [6, 6.07) is 0. The second-order valence-electron chi connectivity index (χ2n) is 2.38. The molecular formula is C4H9FN2O2S. The van der Waals surface area contributed by atoms with Crippen molar-refractivity contribution in [2.45, 2.75) is 0 Å². The van der Waals surface area contributed by atoms with Crippen molar-refractivity contribution in [3.8, 4) is 0 Å². The van der Waals surface area contributed by atoms with Gasteiger partial charge in [-0.05, 0) is 0 Å².